The maximum absolute atomic E-state index is 11.8. The highest BCUT2D eigenvalue weighted by Crippen LogP contribution is 2.11. The lowest BCUT2D eigenvalue weighted by atomic mass is 10.2. The predicted molar refractivity (Wildman–Crippen MR) is 81.7 cm³/mol. The molecular weight excluding hydrogens is 268 g/mol. The average molecular weight is 284 g/mol. The number of hydrogen-bond acceptors (Lipinski definition) is 3. The van der Waals surface area contributed by atoms with E-state index >= 15 is 0 Å². The van der Waals surface area contributed by atoms with Crippen molar-refractivity contribution in [3.63, 3.8) is 0 Å². The molecule has 0 aromatic heterocycles. The normalized spacial score (nSPS) is 9.95. The van der Waals surface area contributed by atoms with Gasteiger partial charge in [0, 0.05) is 11.4 Å². The summed E-state index contributed by atoms with van der Waals surface area (Å²) < 4.78 is 0. The van der Waals surface area contributed by atoms with Gasteiger partial charge in [-0.15, -0.1) is 0 Å². The van der Waals surface area contributed by atoms with Crippen molar-refractivity contribution in [2.24, 2.45) is 0 Å². The van der Waals surface area contributed by atoms with E-state index < -0.39 is 5.97 Å². The van der Waals surface area contributed by atoms with Crippen molar-refractivity contribution in [2.75, 3.05) is 17.2 Å². The lowest BCUT2D eigenvalue weighted by Gasteiger charge is -2.08. The summed E-state index contributed by atoms with van der Waals surface area (Å²) in [5.74, 6) is -1.26. The van der Waals surface area contributed by atoms with E-state index in [0.717, 1.165) is 11.3 Å². The standard InChI is InChI=1S/C16H16N2O3/c1-11-5-7-13(8-6-11)17-10-15(19)18-14-4-2-3-12(9-14)16(20)21/h2-9,17H,10H2,1H3,(H,18,19)(H,20,21). The summed E-state index contributed by atoms with van der Waals surface area (Å²) in [4.78, 5) is 22.7. The Morgan fingerprint density at radius 3 is 2.43 bits per heavy atom. The number of anilines is 2. The second-order valence-corrected chi connectivity index (χ2v) is 4.65. The van der Waals surface area contributed by atoms with E-state index in [2.05, 4.69) is 10.6 Å². The Labute approximate surface area is 122 Å². The van der Waals surface area contributed by atoms with Crippen molar-refractivity contribution in [1.29, 1.82) is 0 Å². The third-order valence-corrected chi connectivity index (χ3v) is 2.90. The van der Waals surface area contributed by atoms with E-state index in [1.54, 1.807) is 12.1 Å². The first-order chi connectivity index (χ1) is 10.0. The number of aromatic carboxylic acids is 1. The number of carbonyl (C=O) groups excluding carboxylic acids is 1. The van der Waals surface area contributed by atoms with Gasteiger partial charge in [0.1, 0.15) is 0 Å². The fourth-order valence-electron chi connectivity index (χ4n) is 1.79. The molecule has 21 heavy (non-hydrogen) atoms. The van der Waals surface area contributed by atoms with Crippen molar-refractivity contribution in [3.05, 3.63) is 59.7 Å². The van der Waals surface area contributed by atoms with Crippen LogP contribution in [0.25, 0.3) is 0 Å². The van der Waals surface area contributed by atoms with Crippen molar-refractivity contribution in [3.8, 4) is 0 Å². The highest BCUT2D eigenvalue weighted by molar-refractivity contribution is 5.95. The third kappa shape index (κ3) is 4.35. The maximum atomic E-state index is 11.8. The monoisotopic (exact) mass is 284 g/mol. The van der Waals surface area contributed by atoms with Crippen LogP contribution in [-0.4, -0.2) is 23.5 Å². The van der Waals surface area contributed by atoms with Crippen LogP contribution in [0.2, 0.25) is 0 Å². The van der Waals surface area contributed by atoms with Crippen LogP contribution < -0.4 is 10.6 Å². The first-order valence-electron chi connectivity index (χ1n) is 6.48. The molecule has 2 aromatic rings. The number of nitrogens with one attached hydrogen (secondary N) is 2. The van der Waals surface area contributed by atoms with Crippen molar-refractivity contribution >= 4 is 23.3 Å². The van der Waals surface area contributed by atoms with E-state index in [1.807, 2.05) is 31.2 Å². The number of rotatable bonds is 5. The lowest BCUT2D eigenvalue weighted by molar-refractivity contribution is -0.114. The smallest absolute Gasteiger partial charge is 0.335 e. The highest BCUT2D eigenvalue weighted by Gasteiger charge is 2.06. The van der Waals surface area contributed by atoms with Crippen molar-refractivity contribution in [2.45, 2.75) is 6.92 Å². The fraction of sp³-hybridized carbons (Fsp3) is 0.125. The Bertz CT molecular complexity index is 651. The predicted octanol–water partition coefficient (Wildman–Crippen LogP) is 2.74. The quantitative estimate of drug-likeness (QED) is 0.789. The molecule has 0 radical (unpaired) electrons. The number of carboxylic acids is 1. The summed E-state index contributed by atoms with van der Waals surface area (Å²) >= 11 is 0. The summed E-state index contributed by atoms with van der Waals surface area (Å²) in [6, 6.07) is 13.8. The Hall–Kier alpha value is -2.82. The molecule has 3 N–H and O–H groups in total. The number of hydrogen-bond donors (Lipinski definition) is 3. The minimum Gasteiger partial charge on any atom is -0.478 e. The van der Waals surface area contributed by atoms with Gasteiger partial charge in [0.25, 0.3) is 0 Å². The third-order valence-electron chi connectivity index (χ3n) is 2.90. The average Bonchev–Trinajstić information content (AvgIpc) is 2.47. The molecule has 0 aliphatic carbocycles. The molecule has 108 valence electrons. The van der Waals surface area contributed by atoms with Gasteiger partial charge in [0.05, 0.1) is 12.1 Å². The Morgan fingerprint density at radius 1 is 1.05 bits per heavy atom. The van der Waals surface area contributed by atoms with Gasteiger partial charge in [-0.05, 0) is 37.3 Å². The van der Waals surface area contributed by atoms with Gasteiger partial charge in [-0.2, -0.15) is 0 Å². The number of carbonyl (C=O) groups is 2. The summed E-state index contributed by atoms with van der Waals surface area (Å²) in [6.45, 7) is 2.10. The molecule has 5 nitrogen and oxygen atoms in total. The van der Waals surface area contributed by atoms with Gasteiger partial charge in [-0.25, -0.2) is 4.79 Å². The highest BCUT2D eigenvalue weighted by atomic mass is 16.4. The second kappa shape index (κ2) is 6.56. The molecular formula is C16H16N2O3. The molecule has 0 fully saturated rings. The molecule has 0 aliphatic heterocycles. The molecule has 0 aliphatic rings. The molecule has 5 heteroatoms. The van der Waals surface area contributed by atoms with Crippen LogP contribution in [0.3, 0.4) is 0 Å². The second-order valence-electron chi connectivity index (χ2n) is 4.65. The van der Waals surface area contributed by atoms with Gasteiger partial charge >= 0.3 is 5.97 Å². The van der Waals surface area contributed by atoms with Crippen LogP contribution in [0.1, 0.15) is 15.9 Å². The number of benzene rings is 2. The first-order valence-corrected chi connectivity index (χ1v) is 6.48. The molecule has 0 unspecified atom stereocenters. The molecule has 0 saturated carbocycles. The fourth-order valence-corrected chi connectivity index (χ4v) is 1.79. The topological polar surface area (TPSA) is 78.4 Å². The SMILES string of the molecule is Cc1ccc(NCC(=O)Nc2cccc(C(=O)O)c2)cc1. The summed E-state index contributed by atoms with van der Waals surface area (Å²) in [5.41, 5.74) is 2.61. The van der Waals surface area contributed by atoms with E-state index in [9.17, 15) is 9.59 Å². The minimum absolute atomic E-state index is 0.111. The van der Waals surface area contributed by atoms with Gasteiger partial charge in [0.15, 0.2) is 0 Å². The Kier molecular flexibility index (Phi) is 4.56. The minimum atomic E-state index is -1.02. The van der Waals surface area contributed by atoms with Crippen LogP contribution >= 0.6 is 0 Å². The van der Waals surface area contributed by atoms with E-state index in [4.69, 9.17) is 5.11 Å². The van der Waals surface area contributed by atoms with Gasteiger partial charge in [-0.1, -0.05) is 23.8 Å². The summed E-state index contributed by atoms with van der Waals surface area (Å²) in [7, 11) is 0. The van der Waals surface area contributed by atoms with Crippen molar-refractivity contribution < 1.29 is 14.7 Å². The molecule has 0 saturated heterocycles. The number of amides is 1. The number of carboxylic acid groups (broad SMARTS) is 1. The van der Waals surface area contributed by atoms with Crippen LogP contribution in [0, 0.1) is 6.92 Å². The molecule has 2 aromatic carbocycles. The number of aryl methyl sites for hydroxylation is 1. The molecule has 0 bridgehead atoms. The van der Waals surface area contributed by atoms with E-state index in [0.29, 0.717) is 5.69 Å². The van der Waals surface area contributed by atoms with Gasteiger partial charge in [0.2, 0.25) is 5.91 Å². The Morgan fingerprint density at radius 2 is 1.76 bits per heavy atom. The van der Waals surface area contributed by atoms with E-state index in [1.165, 1.54) is 12.1 Å². The zero-order valence-electron chi connectivity index (χ0n) is 11.6. The first kappa shape index (κ1) is 14.6. The molecule has 2 rings (SSSR count). The van der Waals surface area contributed by atoms with Crippen molar-refractivity contribution in [1.82, 2.24) is 0 Å². The van der Waals surface area contributed by atoms with E-state index in [-0.39, 0.29) is 18.0 Å². The van der Waals surface area contributed by atoms with Gasteiger partial charge < -0.3 is 15.7 Å². The zero-order chi connectivity index (χ0) is 15.2. The maximum Gasteiger partial charge on any atom is 0.335 e. The molecule has 1 amide bonds. The molecule has 0 spiro atoms. The van der Waals surface area contributed by atoms with Crippen LogP contribution in [0.5, 0.6) is 0 Å². The van der Waals surface area contributed by atoms with Gasteiger partial charge in [-0.3, -0.25) is 4.79 Å². The largest absolute Gasteiger partial charge is 0.478 e. The van der Waals surface area contributed by atoms with Crippen LogP contribution in [-0.2, 0) is 4.79 Å². The summed E-state index contributed by atoms with van der Waals surface area (Å²) in [6.07, 6.45) is 0. The lowest BCUT2D eigenvalue weighted by Crippen LogP contribution is -2.21. The Balaban J connectivity index is 1.91. The summed E-state index contributed by atoms with van der Waals surface area (Å²) in [5, 5.41) is 14.5. The molecule has 0 atom stereocenters. The molecule has 0 heterocycles. The van der Waals surface area contributed by atoms with Crippen LogP contribution in [0.4, 0.5) is 11.4 Å². The zero-order valence-corrected chi connectivity index (χ0v) is 11.6. The van der Waals surface area contributed by atoms with Crippen LogP contribution in [0.15, 0.2) is 48.5 Å².